The van der Waals surface area contributed by atoms with Gasteiger partial charge in [-0.15, -0.1) is 0 Å². The van der Waals surface area contributed by atoms with E-state index >= 15 is 0 Å². The van der Waals surface area contributed by atoms with Gasteiger partial charge in [0.1, 0.15) is 4.64 Å². The molecule has 2 heterocycles. The van der Waals surface area contributed by atoms with Crippen molar-refractivity contribution in [2.75, 3.05) is 6.54 Å². The van der Waals surface area contributed by atoms with Crippen molar-refractivity contribution in [2.45, 2.75) is 37.6 Å². The van der Waals surface area contributed by atoms with E-state index in [0.29, 0.717) is 16.1 Å². The van der Waals surface area contributed by atoms with Gasteiger partial charge in [0.15, 0.2) is 0 Å². The summed E-state index contributed by atoms with van der Waals surface area (Å²) in [6.45, 7) is 4.45. The number of rotatable bonds is 3. The third-order valence-electron chi connectivity index (χ3n) is 4.35. The Kier molecular flexibility index (Phi) is 4.40. The van der Waals surface area contributed by atoms with Crippen molar-refractivity contribution in [2.24, 2.45) is 0 Å². The van der Waals surface area contributed by atoms with Gasteiger partial charge >= 0.3 is 0 Å². The SMILES string of the molecule is Cc1ccc(S(=O)(=O)N2CCC[C@@H]2c2ccc(=S)[nH]c2C)cc1. The molecular formula is C17H20N2O2S2. The predicted molar refractivity (Wildman–Crippen MR) is 93.4 cm³/mol. The number of aromatic amines is 1. The summed E-state index contributed by atoms with van der Waals surface area (Å²) in [6.07, 6.45) is 1.70. The Morgan fingerprint density at radius 2 is 1.83 bits per heavy atom. The number of sulfonamides is 1. The van der Waals surface area contributed by atoms with E-state index in [1.807, 2.05) is 38.1 Å². The van der Waals surface area contributed by atoms with Crippen molar-refractivity contribution in [1.29, 1.82) is 0 Å². The fourth-order valence-electron chi connectivity index (χ4n) is 3.13. The van der Waals surface area contributed by atoms with Crippen molar-refractivity contribution >= 4 is 22.2 Å². The maximum Gasteiger partial charge on any atom is 0.243 e. The molecule has 0 amide bonds. The van der Waals surface area contributed by atoms with Crippen LogP contribution in [0.1, 0.15) is 35.7 Å². The largest absolute Gasteiger partial charge is 0.350 e. The van der Waals surface area contributed by atoms with Gasteiger partial charge in [-0.3, -0.25) is 0 Å². The fraction of sp³-hybridized carbons (Fsp3) is 0.353. The molecule has 0 aliphatic carbocycles. The Morgan fingerprint density at radius 1 is 1.13 bits per heavy atom. The van der Waals surface area contributed by atoms with Gasteiger partial charge in [-0.2, -0.15) is 4.31 Å². The number of H-pyrrole nitrogens is 1. The Morgan fingerprint density at radius 3 is 2.48 bits per heavy atom. The van der Waals surface area contributed by atoms with Gasteiger partial charge in [0.05, 0.1) is 10.9 Å². The Bertz CT molecular complexity index is 870. The molecule has 1 aliphatic heterocycles. The van der Waals surface area contributed by atoms with Crippen molar-refractivity contribution < 1.29 is 8.42 Å². The molecule has 1 aliphatic rings. The van der Waals surface area contributed by atoms with E-state index < -0.39 is 10.0 Å². The van der Waals surface area contributed by atoms with Gasteiger partial charge in [0.25, 0.3) is 0 Å². The number of aromatic nitrogens is 1. The van der Waals surface area contributed by atoms with E-state index in [1.54, 1.807) is 16.4 Å². The smallest absolute Gasteiger partial charge is 0.243 e. The fourth-order valence-corrected chi connectivity index (χ4v) is 5.03. The lowest BCUT2D eigenvalue weighted by Crippen LogP contribution is -2.31. The van der Waals surface area contributed by atoms with Crippen LogP contribution < -0.4 is 0 Å². The van der Waals surface area contributed by atoms with Crippen molar-refractivity contribution in [3.8, 4) is 0 Å². The number of hydrogen-bond donors (Lipinski definition) is 1. The maximum absolute atomic E-state index is 13.0. The van der Waals surface area contributed by atoms with E-state index in [2.05, 4.69) is 4.98 Å². The molecule has 1 atom stereocenters. The summed E-state index contributed by atoms with van der Waals surface area (Å²) in [5.41, 5.74) is 2.99. The second-order valence-corrected chi connectivity index (χ2v) is 8.32. The van der Waals surface area contributed by atoms with Crippen LogP contribution in [0, 0.1) is 18.5 Å². The first-order chi connectivity index (χ1) is 10.9. The summed E-state index contributed by atoms with van der Waals surface area (Å²) < 4.78 is 28.3. The average Bonchev–Trinajstić information content (AvgIpc) is 2.97. The first kappa shape index (κ1) is 16.4. The highest BCUT2D eigenvalue weighted by Crippen LogP contribution is 2.37. The predicted octanol–water partition coefficient (Wildman–Crippen LogP) is 3.89. The lowest BCUT2D eigenvalue weighted by Gasteiger charge is -2.25. The summed E-state index contributed by atoms with van der Waals surface area (Å²) in [4.78, 5) is 3.49. The zero-order valence-corrected chi connectivity index (χ0v) is 14.9. The van der Waals surface area contributed by atoms with Gasteiger partial charge in [-0.1, -0.05) is 36.0 Å². The molecule has 23 heavy (non-hydrogen) atoms. The van der Waals surface area contributed by atoms with Gasteiger partial charge < -0.3 is 4.98 Å². The first-order valence-corrected chi connectivity index (χ1v) is 9.53. The highest BCUT2D eigenvalue weighted by Gasteiger charge is 2.36. The van der Waals surface area contributed by atoms with E-state index in [9.17, 15) is 8.42 Å². The number of nitrogens with zero attached hydrogens (tertiary/aromatic N) is 1. The summed E-state index contributed by atoms with van der Waals surface area (Å²) in [5.74, 6) is 0. The normalized spacial score (nSPS) is 19.1. The molecule has 1 saturated heterocycles. The molecule has 0 spiro atoms. The highest BCUT2D eigenvalue weighted by atomic mass is 32.2. The summed E-state index contributed by atoms with van der Waals surface area (Å²) in [5, 5.41) is 0. The number of benzene rings is 1. The monoisotopic (exact) mass is 348 g/mol. The quantitative estimate of drug-likeness (QED) is 0.856. The molecule has 0 unspecified atom stereocenters. The van der Waals surface area contributed by atoms with Gasteiger partial charge in [0.2, 0.25) is 10.0 Å². The number of nitrogens with one attached hydrogen (secondary N) is 1. The lowest BCUT2D eigenvalue weighted by atomic mass is 10.0. The third-order valence-corrected chi connectivity index (χ3v) is 6.51. The second kappa shape index (κ2) is 6.19. The molecule has 1 aromatic heterocycles. The van der Waals surface area contributed by atoms with Crippen LogP contribution in [-0.4, -0.2) is 24.3 Å². The number of aryl methyl sites for hydroxylation is 2. The minimum Gasteiger partial charge on any atom is -0.350 e. The Labute approximate surface area is 142 Å². The van der Waals surface area contributed by atoms with Crippen molar-refractivity contribution in [1.82, 2.24) is 9.29 Å². The summed E-state index contributed by atoms with van der Waals surface area (Å²) in [7, 11) is -3.49. The zero-order chi connectivity index (χ0) is 16.6. The molecular weight excluding hydrogens is 328 g/mol. The van der Waals surface area contributed by atoms with E-state index in [-0.39, 0.29) is 6.04 Å². The van der Waals surface area contributed by atoms with Crippen LogP contribution in [-0.2, 0) is 10.0 Å². The van der Waals surface area contributed by atoms with Gasteiger partial charge in [-0.05, 0) is 50.5 Å². The van der Waals surface area contributed by atoms with Crippen LogP contribution >= 0.6 is 12.2 Å². The molecule has 0 saturated carbocycles. The molecule has 0 bridgehead atoms. The third kappa shape index (κ3) is 3.11. The van der Waals surface area contributed by atoms with Gasteiger partial charge in [-0.25, -0.2) is 8.42 Å². The molecule has 4 nitrogen and oxygen atoms in total. The second-order valence-electron chi connectivity index (χ2n) is 5.99. The van der Waals surface area contributed by atoms with Crippen LogP contribution in [0.2, 0.25) is 0 Å². The van der Waals surface area contributed by atoms with E-state index in [0.717, 1.165) is 29.7 Å². The Hall–Kier alpha value is -1.50. The number of hydrogen-bond acceptors (Lipinski definition) is 3. The zero-order valence-electron chi connectivity index (χ0n) is 13.2. The molecule has 3 rings (SSSR count). The number of pyridine rings is 1. The first-order valence-electron chi connectivity index (χ1n) is 7.68. The molecule has 0 radical (unpaired) electrons. The Balaban J connectivity index is 2.01. The van der Waals surface area contributed by atoms with Crippen LogP contribution in [0.25, 0.3) is 0 Å². The standard InChI is InChI=1S/C17H20N2O2S2/c1-12-5-7-14(8-6-12)23(20,21)19-11-3-4-16(19)15-9-10-17(22)18-13(15)2/h5-10,16H,3-4,11H2,1-2H3,(H,18,22)/t16-/m1/s1. The van der Waals surface area contributed by atoms with Gasteiger partial charge in [0, 0.05) is 12.2 Å². The molecule has 2 aromatic rings. The van der Waals surface area contributed by atoms with Crippen LogP contribution in [0.3, 0.4) is 0 Å². The minimum atomic E-state index is -3.49. The molecule has 1 N–H and O–H groups in total. The van der Waals surface area contributed by atoms with E-state index in [1.165, 1.54) is 0 Å². The summed E-state index contributed by atoms with van der Waals surface area (Å²) in [6, 6.07) is 10.7. The summed E-state index contributed by atoms with van der Waals surface area (Å²) >= 11 is 5.14. The topological polar surface area (TPSA) is 53.2 Å². The van der Waals surface area contributed by atoms with Crippen molar-refractivity contribution in [3.05, 3.63) is 57.9 Å². The molecule has 122 valence electrons. The van der Waals surface area contributed by atoms with E-state index in [4.69, 9.17) is 12.2 Å². The molecule has 6 heteroatoms. The van der Waals surface area contributed by atoms with Crippen LogP contribution in [0.5, 0.6) is 0 Å². The molecule has 1 fully saturated rings. The van der Waals surface area contributed by atoms with Crippen molar-refractivity contribution in [3.63, 3.8) is 0 Å². The minimum absolute atomic E-state index is 0.131. The molecule has 1 aromatic carbocycles. The van der Waals surface area contributed by atoms with Crippen LogP contribution in [0.4, 0.5) is 0 Å². The lowest BCUT2D eigenvalue weighted by molar-refractivity contribution is 0.395. The highest BCUT2D eigenvalue weighted by molar-refractivity contribution is 7.89. The van der Waals surface area contributed by atoms with Crippen LogP contribution in [0.15, 0.2) is 41.3 Å². The average molecular weight is 348 g/mol. The maximum atomic E-state index is 13.0.